The number of rotatable bonds is 4. The second-order valence-corrected chi connectivity index (χ2v) is 7.51. The highest BCUT2D eigenvalue weighted by molar-refractivity contribution is 9.10. The molecule has 23 heavy (non-hydrogen) atoms. The van der Waals surface area contributed by atoms with E-state index in [1.54, 1.807) is 13.2 Å². The predicted octanol–water partition coefficient (Wildman–Crippen LogP) is 1.45. The fourth-order valence-corrected chi connectivity index (χ4v) is 3.38. The molecule has 2 aliphatic carbocycles. The molecule has 0 unspecified atom stereocenters. The molecule has 0 aliphatic heterocycles. The maximum Gasteiger partial charge on any atom is 0.254 e. The van der Waals surface area contributed by atoms with Gasteiger partial charge in [0.25, 0.3) is 5.56 Å². The third-order valence-corrected chi connectivity index (χ3v) is 5.28. The first kappa shape index (κ1) is 16.5. The Kier molecular flexibility index (Phi) is 4.51. The Bertz CT molecular complexity index is 661. The number of ether oxygens (including phenoxy) is 1. The highest BCUT2D eigenvalue weighted by atomic mass is 79.9. The van der Waals surface area contributed by atoms with E-state index in [2.05, 4.69) is 21.2 Å². The molecule has 0 radical (unpaired) electrons. The van der Waals surface area contributed by atoms with Crippen molar-refractivity contribution >= 4 is 21.8 Å². The van der Waals surface area contributed by atoms with E-state index >= 15 is 0 Å². The first-order chi connectivity index (χ1) is 10.9. The van der Waals surface area contributed by atoms with Gasteiger partial charge in [0.15, 0.2) is 0 Å². The van der Waals surface area contributed by atoms with E-state index in [0.29, 0.717) is 5.75 Å². The van der Waals surface area contributed by atoms with Crippen LogP contribution < -0.4 is 21.3 Å². The molecule has 1 heterocycles. The van der Waals surface area contributed by atoms with E-state index in [1.165, 1.54) is 10.6 Å². The Labute approximate surface area is 143 Å². The number of halogens is 1. The molecule has 2 aliphatic rings. The number of aryl methyl sites for hydroxylation is 1. The summed E-state index contributed by atoms with van der Waals surface area (Å²) in [4.78, 5) is 23.7. The first-order valence-electron chi connectivity index (χ1n) is 8.00. The number of nitrogens with one attached hydrogen (secondary N) is 1. The van der Waals surface area contributed by atoms with Gasteiger partial charge in [0.1, 0.15) is 5.75 Å². The average Bonchev–Trinajstić information content (AvgIpc) is 3.26. The molecule has 0 aromatic carbocycles. The van der Waals surface area contributed by atoms with Gasteiger partial charge in [-0.25, -0.2) is 0 Å². The number of hydrogen-bond donors (Lipinski definition) is 2. The summed E-state index contributed by atoms with van der Waals surface area (Å²) < 4.78 is 8.23. The van der Waals surface area contributed by atoms with E-state index in [-0.39, 0.29) is 23.6 Å². The summed E-state index contributed by atoms with van der Waals surface area (Å²) in [5.74, 6) is 0.565. The second-order valence-electron chi connectivity index (χ2n) is 6.66. The summed E-state index contributed by atoms with van der Waals surface area (Å²) in [6.07, 6.45) is 6.79. The lowest BCUT2D eigenvalue weighted by Gasteiger charge is -2.30. The van der Waals surface area contributed by atoms with Gasteiger partial charge in [-0.1, -0.05) is 0 Å². The first-order valence-corrected chi connectivity index (χ1v) is 8.79. The minimum absolute atomic E-state index is 0.0174. The van der Waals surface area contributed by atoms with Crippen LogP contribution in [0.5, 0.6) is 5.75 Å². The van der Waals surface area contributed by atoms with Gasteiger partial charge in [0.05, 0.1) is 16.1 Å². The minimum atomic E-state index is -0.609. The van der Waals surface area contributed by atoms with E-state index in [4.69, 9.17) is 10.5 Å². The molecule has 3 N–H and O–H groups in total. The van der Waals surface area contributed by atoms with Crippen molar-refractivity contribution < 1.29 is 9.53 Å². The summed E-state index contributed by atoms with van der Waals surface area (Å²) in [5.41, 5.74) is 5.20. The highest BCUT2D eigenvalue weighted by Gasteiger charge is 2.46. The van der Waals surface area contributed by atoms with Gasteiger partial charge in [0.2, 0.25) is 5.91 Å². The van der Waals surface area contributed by atoms with Gasteiger partial charge >= 0.3 is 0 Å². The fourth-order valence-electron chi connectivity index (χ4n) is 2.87. The van der Waals surface area contributed by atoms with Crippen molar-refractivity contribution in [3.8, 4) is 5.75 Å². The zero-order valence-electron chi connectivity index (χ0n) is 13.2. The van der Waals surface area contributed by atoms with Crippen LogP contribution in [0.2, 0.25) is 0 Å². The monoisotopic (exact) mass is 383 g/mol. The third kappa shape index (κ3) is 3.77. The highest BCUT2D eigenvalue weighted by Crippen LogP contribution is 2.33. The van der Waals surface area contributed by atoms with Crippen LogP contribution in [0.15, 0.2) is 21.5 Å². The number of carbonyl (C=O) groups is 1. The fraction of sp³-hybridized carbons (Fsp3) is 0.625. The van der Waals surface area contributed by atoms with Crippen molar-refractivity contribution in [2.45, 2.75) is 56.2 Å². The number of nitrogens with two attached hydrogens (primary N) is 1. The minimum Gasteiger partial charge on any atom is -0.489 e. The van der Waals surface area contributed by atoms with Gasteiger partial charge in [0, 0.05) is 25.4 Å². The van der Waals surface area contributed by atoms with Crippen molar-refractivity contribution in [1.82, 2.24) is 9.88 Å². The van der Waals surface area contributed by atoms with Crippen molar-refractivity contribution in [1.29, 1.82) is 0 Å². The van der Waals surface area contributed by atoms with Gasteiger partial charge in [-0.2, -0.15) is 0 Å². The number of carbonyl (C=O) groups excluding carboxylic acids is 1. The Morgan fingerprint density at radius 3 is 2.65 bits per heavy atom. The molecule has 3 rings (SSSR count). The Balaban J connectivity index is 1.52. The van der Waals surface area contributed by atoms with Crippen LogP contribution in [0.3, 0.4) is 0 Å². The van der Waals surface area contributed by atoms with Gasteiger partial charge < -0.3 is 20.4 Å². The lowest BCUT2D eigenvalue weighted by atomic mass is 9.92. The van der Waals surface area contributed by atoms with Gasteiger partial charge in [-0.15, -0.1) is 0 Å². The standard InChI is InChI=1S/C16H22BrN3O3/c1-20-9-12(17)13(8-14(20)21)23-11-4-2-10(3-5-11)19-15(22)16(18)6-7-16/h8-11H,2-7,18H2,1H3,(H,19,22). The van der Waals surface area contributed by atoms with Gasteiger partial charge in [-0.05, 0) is 54.5 Å². The molecule has 0 saturated heterocycles. The maximum atomic E-state index is 12.0. The molecule has 0 spiro atoms. The molecule has 7 heteroatoms. The molecule has 2 fully saturated rings. The molecule has 126 valence electrons. The Morgan fingerprint density at radius 1 is 1.39 bits per heavy atom. The van der Waals surface area contributed by atoms with Crippen LogP contribution in [0.25, 0.3) is 0 Å². The van der Waals surface area contributed by atoms with Gasteiger partial charge in [-0.3, -0.25) is 9.59 Å². The number of nitrogens with zero attached hydrogens (tertiary/aromatic N) is 1. The molecule has 1 amide bonds. The molecule has 1 aromatic rings. The molecular weight excluding hydrogens is 362 g/mol. The van der Waals surface area contributed by atoms with Crippen LogP contribution >= 0.6 is 15.9 Å². The van der Waals surface area contributed by atoms with Crippen molar-refractivity contribution in [2.75, 3.05) is 0 Å². The molecular formula is C16H22BrN3O3. The van der Waals surface area contributed by atoms with Crippen LogP contribution in [0.4, 0.5) is 0 Å². The molecule has 2 saturated carbocycles. The number of hydrogen-bond acceptors (Lipinski definition) is 4. The van der Waals surface area contributed by atoms with Crippen LogP contribution in [-0.2, 0) is 11.8 Å². The Hall–Kier alpha value is -1.34. The largest absolute Gasteiger partial charge is 0.489 e. The van der Waals surface area contributed by atoms with Crippen molar-refractivity contribution in [3.05, 3.63) is 27.1 Å². The molecule has 6 nitrogen and oxygen atoms in total. The van der Waals surface area contributed by atoms with E-state index in [1.807, 2.05) is 0 Å². The van der Waals surface area contributed by atoms with E-state index in [0.717, 1.165) is 43.0 Å². The topological polar surface area (TPSA) is 86.3 Å². The van der Waals surface area contributed by atoms with Crippen LogP contribution in [0, 0.1) is 0 Å². The zero-order valence-corrected chi connectivity index (χ0v) is 14.8. The molecule has 0 bridgehead atoms. The molecule has 0 atom stereocenters. The predicted molar refractivity (Wildman–Crippen MR) is 90.4 cm³/mol. The smallest absolute Gasteiger partial charge is 0.254 e. The quantitative estimate of drug-likeness (QED) is 0.823. The number of aromatic nitrogens is 1. The summed E-state index contributed by atoms with van der Waals surface area (Å²) in [7, 11) is 1.70. The van der Waals surface area contributed by atoms with E-state index < -0.39 is 5.54 Å². The number of amides is 1. The van der Waals surface area contributed by atoms with Crippen molar-refractivity contribution in [3.63, 3.8) is 0 Å². The summed E-state index contributed by atoms with van der Waals surface area (Å²) in [6.45, 7) is 0. The maximum absolute atomic E-state index is 12.0. The second kappa shape index (κ2) is 6.28. The normalized spacial score (nSPS) is 25.7. The number of pyridine rings is 1. The average molecular weight is 384 g/mol. The lowest BCUT2D eigenvalue weighted by molar-refractivity contribution is -0.124. The summed E-state index contributed by atoms with van der Waals surface area (Å²) in [5, 5.41) is 3.05. The van der Waals surface area contributed by atoms with Crippen LogP contribution in [-0.4, -0.2) is 28.2 Å². The lowest BCUT2D eigenvalue weighted by Crippen LogP contribution is -2.48. The van der Waals surface area contributed by atoms with Crippen LogP contribution in [0.1, 0.15) is 38.5 Å². The SMILES string of the molecule is Cn1cc(Br)c(OC2CCC(NC(=O)C3(N)CC3)CC2)cc1=O. The third-order valence-electron chi connectivity index (χ3n) is 4.69. The summed E-state index contributed by atoms with van der Waals surface area (Å²) in [6, 6.07) is 1.68. The molecule has 1 aromatic heterocycles. The summed E-state index contributed by atoms with van der Waals surface area (Å²) >= 11 is 3.43. The van der Waals surface area contributed by atoms with Crippen molar-refractivity contribution in [2.24, 2.45) is 12.8 Å². The Morgan fingerprint density at radius 2 is 2.04 bits per heavy atom. The van der Waals surface area contributed by atoms with E-state index in [9.17, 15) is 9.59 Å². The zero-order chi connectivity index (χ0) is 16.6.